The van der Waals surface area contributed by atoms with Crippen molar-refractivity contribution in [1.29, 1.82) is 0 Å². The topological polar surface area (TPSA) is 92.2 Å². The maximum absolute atomic E-state index is 10.6. The molecule has 166 valence electrons. The molecule has 2 saturated heterocycles. The van der Waals surface area contributed by atoms with Gasteiger partial charge < -0.3 is 29.8 Å². The molecular formula is C23H35N3O4. The number of nitrogens with zero attached hydrogens (tertiary/aromatic N) is 2. The molecular weight excluding hydrogens is 382 g/mol. The first-order valence-corrected chi connectivity index (χ1v) is 11.1. The Morgan fingerprint density at radius 1 is 1.10 bits per heavy atom. The molecule has 0 radical (unpaired) electrons. The van der Waals surface area contributed by atoms with Crippen LogP contribution < -0.4 is 10.5 Å². The lowest BCUT2D eigenvalue weighted by Crippen LogP contribution is -2.43. The predicted octanol–water partition coefficient (Wildman–Crippen LogP) is 3.43. The summed E-state index contributed by atoms with van der Waals surface area (Å²) < 4.78 is 10.2. The number of fused-ring (bicyclic) bond motifs is 1. The number of rotatable bonds is 5. The van der Waals surface area contributed by atoms with E-state index < -0.39 is 5.97 Å². The van der Waals surface area contributed by atoms with Crippen molar-refractivity contribution < 1.29 is 19.1 Å². The van der Waals surface area contributed by atoms with E-state index >= 15 is 0 Å². The lowest BCUT2D eigenvalue weighted by atomic mass is 10.1. The molecule has 0 saturated carbocycles. The number of carboxylic acids is 1. The quantitative estimate of drug-likeness (QED) is 0.770. The van der Waals surface area contributed by atoms with Gasteiger partial charge in [-0.05, 0) is 64.0 Å². The zero-order valence-electron chi connectivity index (χ0n) is 18.0. The summed E-state index contributed by atoms with van der Waals surface area (Å²) in [4.78, 5) is 15.9. The predicted molar refractivity (Wildman–Crippen MR) is 118 cm³/mol. The van der Waals surface area contributed by atoms with E-state index in [1.165, 1.54) is 91.0 Å². The molecule has 0 spiro atoms. The Balaban J connectivity index is 0.000000172. The van der Waals surface area contributed by atoms with Crippen molar-refractivity contribution in [2.24, 2.45) is 5.73 Å². The molecule has 0 amide bonds. The number of aromatic carboxylic acids is 1. The molecule has 0 bridgehead atoms. The molecule has 3 N–H and O–H groups in total. The lowest BCUT2D eigenvalue weighted by Gasteiger charge is -2.32. The van der Waals surface area contributed by atoms with Crippen molar-refractivity contribution >= 4 is 16.9 Å². The first-order valence-electron chi connectivity index (χ1n) is 11.1. The van der Waals surface area contributed by atoms with Crippen molar-refractivity contribution in [2.75, 3.05) is 46.4 Å². The zero-order valence-corrected chi connectivity index (χ0v) is 18.0. The van der Waals surface area contributed by atoms with Crippen LogP contribution in [0.4, 0.5) is 0 Å². The van der Waals surface area contributed by atoms with Gasteiger partial charge in [0.05, 0.1) is 12.5 Å². The molecule has 0 aliphatic carbocycles. The summed E-state index contributed by atoms with van der Waals surface area (Å²) in [6, 6.07) is 7.12. The van der Waals surface area contributed by atoms with Crippen molar-refractivity contribution in [3.8, 4) is 5.75 Å². The SMILES string of the molecule is COc1cccc2oc(C(=O)O)cc12.NC1CCN(CCN2CCCCCC2)CC1. The number of nitrogens with two attached hydrogens (primary N) is 1. The molecule has 2 fully saturated rings. The highest BCUT2D eigenvalue weighted by molar-refractivity contribution is 5.93. The minimum absolute atomic E-state index is 0.0792. The molecule has 30 heavy (non-hydrogen) atoms. The normalized spacial score (nSPS) is 19.1. The van der Waals surface area contributed by atoms with Crippen LogP contribution in [-0.2, 0) is 0 Å². The third-order valence-electron chi connectivity index (χ3n) is 6.02. The fourth-order valence-electron chi connectivity index (χ4n) is 4.14. The van der Waals surface area contributed by atoms with Crippen LogP contribution in [0, 0.1) is 0 Å². The number of likely N-dealkylation sites (tertiary alicyclic amines) is 2. The lowest BCUT2D eigenvalue weighted by molar-refractivity contribution is 0.0665. The second-order valence-corrected chi connectivity index (χ2v) is 8.22. The van der Waals surface area contributed by atoms with Crippen LogP contribution in [-0.4, -0.2) is 73.3 Å². The molecule has 0 unspecified atom stereocenters. The van der Waals surface area contributed by atoms with Crippen LogP contribution >= 0.6 is 0 Å². The first kappa shape index (κ1) is 22.6. The third-order valence-corrected chi connectivity index (χ3v) is 6.02. The Labute approximate surface area is 178 Å². The van der Waals surface area contributed by atoms with Gasteiger partial charge in [-0.15, -0.1) is 0 Å². The van der Waals surface area contributed by atoms with Crippen molar-refractivity contribution in [2.45, 2.75) is 44.6 Å². The Hall–Kier alpha value is -2.09. The van der Waals surface area contributed by atoms with Crippen molar-refractivity contribution in [3.05, 3.63) is 30.0 Å². The van der Waals surface area contributed by atoms with Gasteiger partial charge in [-0.25, -0.2) is 4.79 Å². The van der Waals surface area contributed by atoms with E-state index in [1.54, 1.807) is 18.2 Å². The number of carbonyl (C=O) groups is 1. The van der Waals surface area contributed by atoms with Crippen LogP contribution in [0.15, 0.2) is 28.7 Å². The maximum atomic E-state index is 10.6. The summed E-state index contributed by atoms with van der Waals surface area (Å²) in [5, 5.41) is 9.39. The number of hydrogen-bond donors (Lipinski definition) is 2. The third kappa shape index (κ3) is 6.45. The van der Waals surface area contributed by atoms with Gasteiger partial charge in [-0.1, -0.05) is 18.9 Å². The van der Waals surface area contributed by atoms with Crippen molar-refractivity contribution in [3.63, 3.8) is 0 Å². The maximum Gasteiger partial charge on any atom is 0.371 e. The number of methoxy groups -OCH3 is 1. The molecule has 7 heteroatoms. The smallest absolute Gasteiger partial charge is 0.371 e. The molecule has 2 aliphatic heterocycles. The van der Waals surface area contributed by atoms with Crippen LogP contribution in [0.25, 0.3) is 11.0 Å². The highest BCUT2D eigenvalue weighted by Crippen LogP contribution is 2.28. The summed E-state index contributed by atoms with van der Waals surface area (Å²) in [6.07, 6.45) is 8.08. The number of carboxylic acid groups (broad SMARTS) is 1. The average Bonchev–Trinajstić information content (AvgIpc) is 3.04. The summed E-state index contributed by atoms with van der Waals surface area (Å²) in [6.45, 7) is 7.62. The number of ether oxygens (including phenoxy) is 1. The second kappa shape index (κ2) is 11.3. The van der Waals surface area contributed by atoms with Gasteiger partial charge in [0.25, 0.3) is 0 Å². The molecule has 3 heterocycles. The highest BCUT2D eigenvalue weighted by Gasteiger charge is 2.17. The van der Waals surface area contributed by atoms with Crippen molar-refractivity contribution in [1.82, 2.24) is 9.80 Å². The Bertz CT molecular complexity index is 791. The van der Waals surface area contributed by atoms with Gasteiger partial charge >= 0.3 is 5.97 Å². The first-order chi connectivity index (χ1) is 14.6. The summed E-state index contributed by atoms with van der Waals surface area (Å²) in [7, 11) is 1.53. The van der Waals surface area contributed by atoms with Crippen LogP contribution in [0.3, 0.4) is 0 Å². The van der Waals surface area contributed by atoms with Gasteiger partial charge in [-0.3, -0.25) is 0 Å². The van der Waals surface area contributed by atoms with E-state index in [0.29, 0.717) is 22.8 Å². The molecule has 2 aliphatic rings. The Kier molecular flexibility index (Phi) is 8.54. The van der Waals surface area contributed by atoms with E-state index in [9.17, 15) is 4.79 Å². The zero-order chi connectivity index (χ0) is 21.3. The van der Waals surface area contributed by atoms with Gasteiger partial charge in [-0.2, -0.15) is 0 Å². The fourth-order valence-corrected chi connectivity index (χ4v) is 4.14. The summed E-state index contributed by atoms with van der Waals surface area (Å²) in [5.41, 5.74) is 6.43. The van der Waals surface area contributed by atoms with E-state index in [0.717, 1.165) is 0 Å². The minimum atomic E-state index is -1.08. The monoisotopic (exact) mass is 417 g/mol. The molecule has 1 aromatic carbocycles. The standard InChI is InChI=1S/C13H27N3.C10H8O4/c14-13-5-9-16(10-6-13)12-11-15-7-3-1-2-4-8-15;1-13-7-3-2-4-8-6(7)5-9(14-8)10(11)12/h13H,1-12,14H2;2-5H,1H3,(H,11,12). The number of piperidine rings is 1. The Morgan fingerprint density at radius 3 is 2.33 bits per heavy atom. The fraction of sp³-hybridized carbons (Fsp3) is 0.609. The largest absolute Gasteiger partial charge is 0.496 e. The molecule has 4 rings (SSSR count). The molecule has 0 atom stereocenters. The van der Waals surface area contributed by atoms with Gasteiger partial charge in [0, 0.05) is 25.2 Å². The van der Waals surface area contributed by atoms with E-state index in [1.807, 2.05) is 0 Å². The highest BCUT2D eigenvalue weighted by atomic mass is 16.5. The molecule has 7 nitrogen and oxygen atoms in total. The van der Waals surface area contributed by atoms with E-state index in [4.69, 9.17) is 20.0 Å². The van der Waals surface area contributed by atoms with E-state index in [2.05, 4.69) is 9.80 Å². The van der Waals surface area contributed by atoms with Gasteiger partial charge in [0.15, 0.2) is 0 Å². The number of benzene rings is 1. The number of furan rings is 1. The van der Waals surface area contributed by atoms with E-state index in [-0.39, 0.29) is 5.76 Å². The minimum Gasteiger partial charge on any atom is -0.496 e. The molecule has 2 aromatic rings. The second-order valence-electron chi connectivity index (χ2n) is 8.22. The summed E-state index contributed by atoms with van der Waals surface area (Å²) in [5.74, 6) is -0.550. The number of hydrogen-bond acceptors (Lipinski definition) is 6. The summed E-state index contributed by atoms with van der Waals surface area (Å²) >= 11 is 0. The molecule has 1 aromatic heterocycles. The van der Waals surface area contributed by atoms with Crippen LogP contribution in [0.2, 0.25) is 0 Å². The van der Waals surface area contributed by atoms with Crippen LogP contribution in [0.5, 0.6) is 5.75 Å². The Morgan fingerprint density at radius 2 is 1.73 bits per heavy atom. The van der Waals surface area contributed by atoms with Gasteiger partial charge in [0.2, 0.25) is 5.76 Å². The van der Waals surface area contributed by atoms with Gasteiger partial charge in [0.1, 0.15) is 11.3 Å². The average molecular weight is 418 g/mol. The van der Waals surface area contributed by atoms with Crippen LogP contribution in [0.1, 0.15) is 49.1 Å².